The van der Waals surface area contributed by atoms with Crippen molar-refractivity contribution < 1.29 is 13.3 Å². The molecule has 0 saturated heterocycles. The Morgan fingerprint density at radius 3 is 1.74 bits per heavy atom. The van der Waals surface area contributed by atoms with Gasteiger partial charge in [-0.3, -0.25) is 0 Å². The quantitative estimate of drug-likeness (QED) is 0.327. The van der Waals surface area contributed by atoms with Crippen LogP contribution in [-0.2, 0) is 13.3 Å². The molecule has 0 heterocycles. The van der Waals surface area contributed by atoms with Crippen LogP contribution in [0.1, 0.15) is 65.2 Å². The Kier molecular flexibility index (Phi) is 7.36. The molecule has 0 aliphatic heterocycles. The average molecular weight is 525 g/mol. The van der Waals surface area contributed by atoms with Crippen LogP contribution in [0.2, 0.25) is 58.9 Å². The molecule has 4 saturated carbocycles. The van der Waals surface area contributed by atoms with Gasteiger partial charge in [0.15, 0.2) is 25.0 Å². The van der Waals surface area contributed by atoms with E-state index in [1.165, 1.54) is 51.4 Å². The molecule has 6 heteroatoms. The lowest BCUT2D eigenvalue weighted by molar-refractivity contribution is -0.170. The maximum atomic E-state index is 7.14. The predicted octanol–water partition coefficient (Wildman–Crippen LogP) is 8.30. The van der Waals surface area contributed by atoms with Crippen molar-refractivity contribution in [2.45, 2.75) is 142 Å². The van der Waals surface area contributed by atoms with Gasteiger partial charge in [-0.25, -0.2) is 0 Å². The van der Waals surface area contributed by atoms with Gasteiger partial charge in [-0.2, -0.15) is 0 Å². The minimum absolute atomic E-state index is 0.337. The van der Waals surface area contributed by atoms with Crippen molar-refractivity contribution in [2.75, 3.05) is 0 Å². The Balaban J connectivity index is 1.63. The van der Waals surface area contributed by atoms with Crippen LogP contribution in [0.4, 0.5) is 0 Å². The van der Waals surface area contributed by atoms with Gasteiger partial charge >= 0.3 is 0 Å². The second-order valence-corrected chi connectivity index (χ2v) is 29.3. The van der Waals surface area contributed by atoms with Gasteiger partial charge in [0.1, 0.15) is 0 Å². The molecular formula is C28H56O3Si3. The second-order valence-electron chi connectivity index (χ2n) is 16.0. The van der Waals surface area contributed by atoms with Gasteiger partial charge in [0.25, 0.3) is 0 Å². The molecule has 0 spiro atoms. The first kappa shape index (κ1) is 27.6. The third-order valence-electron chi connectivity index (χ3n) is 10.0. The highest BCUT2D eigenvalue weighted by molar-refractivity contribution is 6.70. The van der Waals surface area contributed by atoms with Gasteiger partial charge in [0.2, 0.25) is 0 Å². The van der Waals surface area contributed by atoms with Gasteiger partial charge in [-0.1, -0.05) is 13.8 Å². The molecule has 0 aromatic rings. The summed E-state index contributed by atoms with van der Waals surface area (Å²) in [6.07, 6.45) is 11.9. The molecule has 9 atom stereocenters. The number of fused-ring (bicyclic) bond motifs is 5. The van der Waals surface area contributed by atoms with E-state index in [4.69, 9.17) is 13.3 Å². The molecule has 4 aliphatic carbocycles. The summed E-state index contributed by atoms with van der Waals surface area (Å²) in [6, 6.07) is 0. The third-order valence-corrected chi connectivity index (χ3v) is 13.1. The van der Waals surface area contributed by atoms with E-state index < -0.39 is 25.0 Å². The maximum absolute atomic E-state index is 7.14. The van der Waals surface area contributed by atoms with E-state index in [0.717, 1.165) is 23.7 Å². The molecule has 0 radical (unpaired) electrons. The molecular weight excluding hydrogens is 469 g/mol. The van der Waals surface area contributed by atoms with Crippen LogP contribution in [0.25, 0.3) is 0 Å². The monoisotopic (exact) mass is 524 g/mol. The van der Waals surface area contributed by atoms with Gasteiger partial charge in [0, 0.05) is 12.2 Å². The summed E-state index contributed by atoms with van der Waals surface area (Å²) in [6.45, 7) is 26.7. The van der Waals surface area contributed by atoms with Crippen molar-refractivity contribution in [3.05, 3.63) is 0 Å². The molecule has 3 nitrogen and oxygen atoms in total. The maximum Gasteiger partial charge on any atom is 0.184 e. The van der Waals surface area contributed by atoms with E-state index in [-0.39, 0.29) is 0 Å². The lowest BCUT2D eigenvalue weighted by Gasteiger charge is -2.63. The predicted molar refractivity (Wildman–Crippen MR) is 152 cm³/mol. The highest BCUT2D eigenvalue weighted by Gasteiger charge is 2.63. The fraction of sp³-hybridized carbons (Fsp3) is 1.00. The fourth-order valence-electron chi connectivity index (χ4n) is 8.91. The largest absolute Gasteiger partial charge is 0.415 e. The summed E-state index contributed by atoms with van der Waals surface area (Å²) < 4.78 is 20.7. The Bertz CT molecular complexity index is 739. The fourth-order valence-corrected chi connectivity index (χ4v) is 12.5. The van der Waals surface area contributed by atoms with Crippen LogP contribution in [0.15, 0.2) is 0 Å². The van der Waals surface area contributed by atoms with Crippen molar-refractivity contribution in [2.24, 2.45) is 34.5 Å². The minimum Gasteiger partial charge on any atom is -0.415 e. The molecule has 0 N–H and O–H groups in total. The van der Waals surface area contributed by atoms with E-state index in [1.54, 1.807) is 0 Å². The van der Waals surface area contributed by atoms with Crippen LogP contribution >= 0.6 is 0 Å². The van der Waals surface area contributed by atoms with Gasteiger partial charge < -0.3 is 13.3 Å². The molecule has 198 valence electrons. The van der Waals surface area contributed by atoms with Crippen molar-refractivity contribution in [3.63, 3.8) is 0 Å². The average Bonchev–Trinajstić information content (AvgIpc) is 2.95. The van der Waals surface area contributed by atoms with E-state index >= 15 is 0 Å². The standard InChI is InChI=1S/C28H56O3Si3/c1-27-16-14-21(29-32(3,4)5)18-20(27)19-24(30-33(6,7)8)26-22-12-13-25(31-34(9,10)11)28(22,2)17-15-23(26)27/h20-26H,12-19H2,1-11H3/t20?,21?,22-,23-,24?,25?,26-,27-,28-/m0/s1. The zero-order chi connectivity index (χ0) is 25.3. The van der Waals surface area contributed by atoms with Crippen LogP contribution < -0.4 is 0 Å². The summed E-state index contributed by atoms with van der Waals surface area (Å²) in [5, 5.41) is 0. The SMILES string of the molecule is C[C@]12CCC(O[Si](C)(C)C)CC1CC(O[Si](C)(C)C)[C@@H]1[C@@H]2CC[C@]2(C)C(O[Si](C)(C)C)CC[C@@H]12. The van der Waals surface area contributed by atoms with E-state index in [0.29, 0.717) is 29.1 Å². The molecule has 4 aliphatic rings. The zero-order valence-electron chi connectivity index (χ0n) is 24.4. The Morgan fingerprint density at radius 2 is 1.15 bits per heavy atom. The van der Waals surface area contributed by atoms with E-state index in [1.807, 2.05) is 0 Å². The summed E-state index contributed by atoms with van der Waals surface area (Å²) in [5.74, 6) is 3.05. The van der Waals surface area contributed by atoms with Crippen LogP contribution in [0.5, 0.6) is 0 Å². The Labute approximate surface area is 214 Å². The molecule has 0 amide bonds. The molecule has 0 aromatic carbocycles. The molecule has 0 bridgehead atoms. The topological polar surface area (TPSA) is 27.7 Å². The van der Waals surface area contributed by atoms with Crippen molar-refractivity contribution in [3.8, 4) is 0 Å². The lowest BCUT2D eigenvalue weighted by Crippen LogP contribution is -2.61. The number of rotatable bonds is 6. The molecule has 34 heavy (non-hydrogen) atoms. The third kappa shape index (κ3) is 5.52. The summed E-state index contributed by atoms with van der Waals surface area (Å²) >= 11 is 0. The summed E-state index contributed by atoms with van der Waals surface area (Å²) in [4.78, 5) is 0. The van der Waals surface area contributed by atoms with Crippen molar-refractivity contribution in [1.29, 1.82) is 0 Å². The van der Waals surface area contributed by atoms with Gasteiger partial charge in [-0.15, -0.1) is 0 Å². The molecule has 4 unspecified atom stereocenters. The summed E-state index contributed by atoms with van der Waals surface area (Å²) in [7, 11) is -4.68. The minimum atomic E-state index is -1.63. The van der Waals surface area contributed by atoms with E-state index in [2.05, 4.69) is 72.8 Å². The highest BCUT2D eigenvalue weighted by atomic mass is 28.4. The van der Waals surface area contributed by atoms with Crippen molar-refractivity contribution in [1.82, 2.24) is 0 Å². The summed E-state index contributed by atoms with van der Waals surface area (Å²) in [5.41, 5.74) is 0.798. The van der Waals surface area contributed by atoms with Gasteiger partial charge in [-0.05, 0) is 145 Å². The van der Waals surface area contributed by atoms with Gasteiger partial charge in [0.05, 0.1) is 6.10 Å². The lowest BCUT2D eigenvalue weighted by atomic mass is 9.44. The molecule has 4 rings (SSSR count). The first-order valence-electron chi connectivity index (χ1n) is 14.4. The second kappa shape index (κ2) is 9.07. The number of hydrogen-bond acceptors (Lipinski definition) is 3. The van der Waals surface area contributed by atoms with Crippen LogP contribution in [0, 0.1) is 34.5 Å². The highest BCUT2D eigenvalue weighted by Crippen LogP contribution is 2.67. The number of hydrogen-bond donors (Lipinski definition) is 0. The first-order valence-corrected chi connectivity index (χ1v) is 24.7. The Morgan fingerprint density at radius 1 is 0.588 bits per heavy atom. The van der Waals surface area contributed by atoms with E-state index in [9.17, 15) is 0 Å². The van der Waals surface area contributed by atoms with Crippen molar-refractivity contribution >= 4 is 25.0 Å². The zero-order valence-corrected chi connectivity index (χ0v) is 27.4. The Hall–Kier alpha value is 0.531. The smallest absolute Gasteiger partial charge is 0.184 e. The van der Waals surface area contributed by atoms with Crippen LogP contribution in [0.3, 0.4) is 0 Å². The molecule has 4 fully saturated rings. The first-order chi connectivity index (χ1) is 15.4. The molecule has 0 aromatic heterocycles. The van der Waals surface area contributed by atoms with Crippen LogP contribution in [-0.4, -0.2) is 43.3 Å². The normalized spacial score (nSPS) is 45.4.